The normalized spacial score (nSPS) is 15.8. The summed E-state index contributed by atoms with van der Waals surface area (Å²) in [5, 5.41) is 1.82. The lowest BCUT2D eigenvalue weighted by molar-refractivity contribution is 0.1000. The van der Waals surface area contributed by atoms with Gasteiger partial charge in [0.05, 0.1) is 6.54 Å². The number of ether oxygens (including phenoxy) is 1. The number of nitrogens with two attached hydrogens (primary N) is 1. The number of amides is 1. The average molecular weight is 327 g/mol. The van der Waals surface area contributed by atoms with Gasteiger partial charge in [0.15, 0.2) is 0 Å². The quantitative estimate of drug-likeness (QED) is 0.636. The second-order valence-corrected chi connectivity index (χ2v) is 6.55. The molecule has 1 aliphatic heterocycles. The molecular weight excluding hydrogens is 310 g/mol. The van der Waals surface area contributed by atoms with Crippen LogP contribution in [-0.4, -0.2) is 44.4 Å². The molecule has 0 fully saturated rings. The van der Waals surface area contributed by atoms with Gasteiger partial charge in [-0.15, -0.1) is 0 Å². The molecule has 0 radical (unpaired) electrons. The molecule has 1 amide bonds. The summed E-state index contributed by atoms with van der Waals surface area (Å²) in [6, 6.07) is 4.14. The van der Waals surface area contributed by atoms with E-state index in [9.17, 15) is 17.8 Å². The van der Waals surface area contributed by atoms with E-state index in [4.69, 9.17) is 10.5 Å². The summed E-state index contributed by atoms with van der Waals surface area (Å²) in [5.41, 5.74) is 5.64. The number of benzene rings is 1. The molecule has 22 heavy (non-hydrogen) atoms. The van der Waals surface area contributed by atoms with Gasteiger partial charge in [0.1, 0.15) is 23.4 Å². The van der Waals surface area contributed by atoms with Crippen molar-refractivity contribution in [3.8, 4) is 5.75 Å². The third-order valence-corrected chi connectivity index (χ3v) is 4.44. The van der Waals surface area contributed by atoms with E-state index >= 15 is 0 Å². The van der Waals surface area contributed by atoms with E-state index in [0.29, 0.717) is 18.9 Å². The summed E-state index contributed by atoms with van der Waals surface area (Å²) in [6.07, 6.45) is 0. The summed E-state index contributed by atoms with van der Waals surface area (Å²) in [4.78, 5) is 15.4. The second-order valence-electron chi connectivity index (χ2n) is 4.82. The fraction of sp³-hybridized carbons (Fsp3) is 0.385. The zero-order valence-electron chi connectivity index (χ0n) is 11.9. The highest BCUT2D eigenvalue weighted by Gasteiger charge is 2.24. The zero-order valence-corrected chi connectivity index (χ0v) is 12.8. The number of nitrogens with one attached hydrogen (secondary N) is 1. The van der Waals surface area contributed by atoms with Gasteiger partial charge in [-0.2, -0.15) is 8.42 Å². The number of amidine groups is 1. The molecule has 1 atom stereocenters. The summed E-state index contributed by atoms with van der Waals surface area (Å²) in [7, 11) is -4.29. The van der Waals surface area contributed by atoms with E-state index in [-0.39, 0.29) is 23.5 Å². The molecule has 0 aliphatic carbocycles. The standard InChI is InChI=1S/C13H17N3O5S/c1-8(22(18,19)20)10-3-2-9(13(14)17)6-11(10)21-7-12-15-4-5-16-12/h2-3,6,8H,4-5,7H2,1H3,(H2,14,17)(H,15,16)(H,18,19,20). The number of carbonyl (C=O) groups excluding carboxylic acids is 1. The molecule has 1 heterocycles. The highest BCUT2D eigenvalue weighted by atomic mass is 32.2. The minimum absolute atomic E-state index is 0.105. The molecule has 1 aromatic rings. The number of hydrogen-bond acceptors (Lipinski definition) is 6. The predicted molar refractivity (Wildman–Crippen MR) is 80.7 cm³/mol. The van der Waals surface area contributed by atoms with Gasteiger partial charge in [-0.25, -0.2) is 0 Å². The van der Waals surface area contributed by atoms with Gasteiger partial charge in [-0.1, -0.05) is 6.07 Å². The Bertz CT molecular complexity index is 714. The lowest BCUT2D eigenvalue weighted by atomic mass is 10.1. The molecular formula is C13H17N3O5S. The first-order chi connectivity index (χ1) is 10.3. The van der Waals surface area contributed by atoms with Crippen LogP contribution >= 0.6 is 0 Å². The fourth-order valence-electron chi connectivity index (χ4n) is 2.00. The van der Waals surface area contributed by atoms with Crippen molar-refractivity contribution in [2.45, 2.75) is 12.2 Å². The highest BCUT2D eigenvalue weighted by molar-refractivity contribution is 7.86. The van der Waals surface area contributed by atoms with Gasteiger partial charge >= 0.3 is 0 Å². The van der Waals surface area contributed by atoms with Crippen LogP contribution in [0.1, 0.15) is 28.1 Å². The Hall–Kier alpha value is -2.13. The molecule has 0 saturated carbocycles. The van der Waals surface area contributed by atoms with Gasteiger partial charge in [0, 0.05) is 17.7 Å². The first-order valence-corrected chi connectivity index (χ1v) is 8.09. The minimum Gasteiger partial charge on any atom is -0.485 e. The summed E-state index contributed by atoms with van der Waals surface area (Å²) >= 11 is 0. The van der Waals surface area contributed by atoms with Gasteiger partial charge in [-0.05, 0) is 19.1 Å². The van der Waals surface area contributed by atoms with E-state index in [1.54, 1.807) is 0 Å². The predicted octanol–water partition coefficient (Wildman–Crippen LogP) is 0.115. The zero-order chi connectivity index (χ0) is 16.3. The molecule has 0 spiro atoms. The number of primary amides is 1. The van der Waals surface area contributed by atoms with Crippen LogP contribution in [0.4, 0.5) is 0 Å². The molecule has 1 aromatic carbocycles. The largest absolute Gasteiger partial charge is 0.485 e. The number of aliphatic imine (C=N–C) groups is 1. The van der Waals surface area contributed by atoms with Crippen LogP contribution < -0.4 is 15.8 Å². The molecule has 120 valence electrons. The second kappa shape index (κ2) is 6.32. The molecule has 1 unspecified atom stereocenters. The first kappa shape index (κ1) is 16.2. The third-order valence-electron chi connectivity index (χ3n) is 3.29. The fourth-order valence-corrected chi connectivity index (χ4v) is 2.51. The highest BCUT2D eigenvalue weighted by Crippen LogP contribution is 2.31. The van der Waals surface area contributed by atoms with Crippen molar-refractivity contribution >= 4 is 21.9 Å². The van der Waals surface area contributed by atoms with Crippen molar-refractivity contribution in [3.63, 3.8) is 0 Å². The van der Waals surface area contributed by atoms with Crippen LogP contribution in [0.5, 0.6) is 5.75 Å². The number of nitrogens with zero attached hydrogens (tertiary/aromatic N) is 1. The van der Waals surface area contributed by atoms with Crippen LogP contribution in [0.25, 0.3) is 0 Å². The van der Waals surface area contributed by atoms with Crippen molar-refractivity contribution < 1.29 is 22.5 Å². The van der Waals surface area contributed by atoms with Crippen molar-refractivity contribution in [1.82, 2.24) is 5.32 Å². The van der Waals surface area contributed by atoms with Crippen molar-refractivity contribution in [2.75, 3.05) is 19.7 Å². The summed E-state index contributed by atoms with van der Waals surface area (Å²) < 4.78 is 37.4. The topological polar surface area (TPSA) is 131 Å². The molecule has 2 rings (SSSR count). The SMILES string of the molecule is CC(c1ccc(C(N)=O)cc1OCC1=NCCN1)S(=O)(=O)O. The van der Waals surface area contributed by atoms with Crippen LogP contribution in [0.15, 0.2) is 23.2 Å². The average Bonchev–Trinajstić information content (AvgIpc) is 2.96. The molecule has 0 bridgehead atoms. The van der Waals surface area contributed by atoms with Gasteiger partial charge in [0.25, 0.3) is 10.1 Å². The van der Waals surface area contributed by atoms with Crippen LogP contribution in [-0.2, 0) is 10.1 Å². The maximum absolute atomic E-state index is 11.3. The number of carbonyl (C=O) groups is 1. The maximum atomic E-state index is 11.3. The van der Waals surface area contributed by atoms with E-state index in [0.717, 1.165) is 0 Å². The van der Waals surface area contributed by atoms with Crippen LogP contribution in [0.3, 0.4) is 0 Å². The lowest BCUT2D eigenvalue weighted by Gasteiger charge is -2.16. The Kier molecular flexibility index (Phi) is 4.67. The Labute approximate surface area is 128 Å². The lowest BCUT2D eigenvalue weighted by Crippen LogP contribution is -2.25. The van der Waals surface area contributed by atoms with E-state index in [2.05, 4.69) is 10.3 Å². The van der Waals surface area contributed by atoms with Crippen molar-refractivity contribution in [2.24, 2.45) is 10.7 Å². The Balaban J connectivity index is 2.33. The van der Waals surface area contributed by atoms with E-state index in [1.165, 1.54) is 25.1 Å². The third kappa shape index (κ3) is 3.74. The number of hydrogen-bond donors (Lipinski definition) is 3. The van der Waals surface area contributed by atoms with Crippen LogP contribution in [0.2, 0.25) is 0 Å². The van der Waals surface area contributed by atoms with Gasteiger partial charge < -0.3 is 15.8 Å². The van der Waals surface area contributed by atoms with Gasteiger partial charge in [0.2, 0.25) is 5.91 Å². The molecule has 8 nitrogen and oxygen atoms in total. The van der Waals surface area contributed by atoms with E-state index in [1.807, 2.05) is 0 Å². The first-order valence-electron chi connectivity index (χ1n) is 6.59. The Morgan fingerprint density at radius 1 is 1.55 bits per heavy atom. The molecule has 1 aliphatic rings. The van der Waals surface area contributed by atoms with E-state index < -0.39 is 21.3 Å². The van der Waals surface area contributed by atoms with Gasteiger partial charge in [-0.3, -0.25) is 14.3 Å². The minimum atomic E-state index is -4.29. The Morgan fingerprint density at radius 3 is 2.82 bits per heavy atom. The molecule has 0 saturated heterocycles. The summed E-state index contributed by atoms with van der Waals surface area (Å²) in [5.74, 6) is 0.139. The van der Waals surface area contributed by atoms with Crippen molar-refractivity contribution in [3.05, 3.63) is 29.3 Å². The monoisotopic (exact) mass is 327 g/mol. The Morgan fingerprint density at radius 2 is 2.27 bits per heavy atom. The smallest absolute Gasteiger partial charge is 0.271 e. The number of rotatable bonds is 6. The molecule has 0 aromatic heterocycles. The molecule has 4 N–H and O–H groups in total. The summed E-state index contributed by atoms with van der Waals surface area (Å²) in [6.45, 7) is 2.79. The van der Waals surface area contributed by atoms with Crippen LogP contribution in [0, 0.1) is 0 Å². The maximum Gasteiger partial charge on any atom is 0.271 e. The molecule has 9 heteroatoms. The van der Waals surface area contributed by atoms with Crippen molar-refractivity contribution in [1.29, 1.82) is 0 Å².